The highest BCUT2D eigenvalue weighted by molar-refractivity contribution is 7.99. The first-order valence-electron chi connectivity index (χ1n) is 10.4. The molecule has 2 heterocycles. The Bertz CT molecular complexity index is 1040. The molecular formula is C22H23Cl2N5OS. The van der Waals surface area contributed by atoms with E-state index >= 15 is 0 Å². The smallest absolute Gasteiger partial charge is 0.230 e. The third kappa shape index (κ3) is 5.59. The number of pyridine rings is 1. The van der Waals surface area contributed by atoms with Gasteiger partial charge in [-0.25, -0.2) is 0 Å². The Labute approximate surface area is 195 Å². The molecule has 1 aliphatic carbocycles. The Morgan fingerprint density at radius 3 is 2.48 bits per heavy atom. The normalized spacial score (nSPS) is 14.9. The summed E-state index contributed by atoms with van der Waals surface area (Å²) in [5.41, 5.74) is 1.64. The van der Waals surface area contributed by atoms with Gasteiger partial charge >= 0.3 is 0 Å². The second kappa shape index (κ2) is 10.5. The van der Waals surface area contributed by atoms with Gasteiger partial charge in [-0.15, -0.1) is 10.2 Å². The van der Waals surface area contributed by atoms with Gasteiger partial charge in [0, 0.05) is 24.0 Å². The number of carbonyl (C=O) groups is 1. The van der Waals surface area contributed by atoms with Crippen LogP contribution in [-0.4, -0.2) is 37.5 Å². The summed E-state index contributed by atoms with van der Waals surface area (Å²) < 4.78 is 1.89. The van der Waals surface area contributed by atoms with Crippen molar-refractivity contribution >= 4 is 40.9 Å². The molecule has 0 atom stereocenters. The van der Waals surface area contributed by atoms with Crippen LogP contribution in [0.5, 0.6) is 0 Å². The number of aromatic nitrogens is 4. The summed E-state index contributed by atoms with van der Waals surface area (Å²) >= 11 is 13.7. The van der Waals surface area contributed by atoms with Crippen LogP contribution in [0, 0.1) is 0 Å². The molecule has 4 rings (SSSR count). The lowest BCUT2D eigenvalue weighted by atomic mass is 10.1. The van der Waals surface area contributed by atoms with Gasteiger partial charge in [0.25, 0.3) is 0 Å². The molecule has 1 aromatic carbocycles. The zero-order valence-corrected chi connectivity index (χ0v) is 19.3. The number of halogens is 2. The Kier molecular flexibility index (Phi) is 7.48. The van der Waals surface area contributed by atoms with E-state index in [1.807, 2.05) is 22.8 Å². The second-order valence-corrected chi connectivity index (χ2v) is 9.28. The summed E-state index contributed by atoms with van der Waals surface area (Å²) in [6, 6.07) is 9.38. The van der Waals surface area contributed by atoms with Crippen molar-refractivity contribution in [3.05, 3.63) is 52.8 Å². The Morgan fingerprint density at radius 1 is 1.03 bits per heavy atom. The van der Waals surface area contributed by atoms with Crippen molar-refractivity contribution in [2.24, 2.45) is 0 Å². The molecule has 1 N–H and O–H groups in total. The number of hydrogen-bond donors (Lipinski definition) is 1. The molecule has 1 fully saturated rings. The van der Waals surface area contributed by atoms with Crippen LogP contribution in [0.1, 0.15) is 38.5 Å². The van der Waals surface area contributed by atoms with E-state index in [1.54, 1.807) is 24.5 Å². The molecule has 1 saturated carbocycles. The van der Waals surface area contributed by atoms with Crippen LogP contribution < -0.4 is 5.32 Å². The van der Waals surface area contributed by atoms with Crippen molar-refractivity contribution in [3.63, 3.8) is 0 Å². The summed E-state index contributed by atoms with van der Waals surface area (Å²) in [6.07, 6.45) is 10.4. The third-order valence-corrected chi connectivity index (χ3v) is 6.95. The van der Waals surface area contributed by atoms with E-state index in [0.29, 0.717) is 21.0 Å². The standard InChI is InChI=1S/C22H23Cl2N5OS/c23-18-8-7-17(13-19(18)24)29-21(15-9-11-25-12-10-15)27-28-22(29)31-14-20(30)26-16-5-3-1-2-4-6-16/h7-13,16H,1-6,14H2,(H,26,30). The van der Waals surface area contributed by atoms with E-state index in [-0.39, 0.29) is 17.7 Å². The second-order valence-electron chi connectivity index (χ2n) is 7.52. The maximum atomic E-state index is 12.6. The third-order valence-electron chi connectivity index (χ3n) is 5.29. The average molecular weight is 476 g/mol. The number of nitrogens with zero attached hydrogens (tertiary/aromatic N) is 4. The highest BCUT2D eigenvalue weighted by Crippen LogP contribution is 2.31. The molecule has 2 aromatic heterocycles. The predicted octanol–water partition coefficient (Wildman–Crippen LogP) is 5.57. The van der Waals surface area contributed by atoms with Gasteiger partial charge in [-0.05, 0) is 43.2 Å². The van der Waals surface area contributed by atoms with E-state index in [9.17, 15) is 4.79 Å². The minimum Gasteiger partial charge on any atom is -0.353 e. The maximum Gasteiger partial charge on any atom is 0.230 e. The molecule has 0 spiro atoms. The lowest BCUT2D eigenvalue weighted by Crippen LogP contribution is -2.35. The van der Waals surface area contributed by atoms with E-state index < -0.39 is 0 Å². The lowest BCUT2D eigenvalue weighted by molar-refractivity contribution is -0.119. The van der Waals surface area contributed by atoms with Crippen molar-refractivity contribution in [2.45, 2.75) is 49.7 Å². The predicted molar refractivity (Wildman–Crippen MR) is 125 cm³/mol. The van der Waals surface area contributed by atoms with Gasteiger partial charge in [-0.3, -0.25) is 14.3 Å². The summed E-state index contributed by atoms with van der Waals surface area (Å²) in [5.74, 6) is 0.935. The minimum absolute atomic E-state index is 0.0195. The molecule has 0 bridgehead atoms. The first-order valence-corrected chi connectivity index (χ1v) is 12.1. The molecule has 162 valence electrons. The lowest BCUT2D eigenvalue weighted by Gasteiger charge is -2.16. The molecule has 9 heteroatoms. The Morgan fingerprint density at radius 2 is 1.77 bits per heavy atom. The fourth-order valence-corrected chi connectivity index (χ4v) is 4.79. The van der Waals surface area contributed by atoms with E-state index in [0.717, 1.165) is 24.1 Å². The van der Waals surface area contributed by atoms with Crippen LogP contribution in [-0.2, 0) is 4.79 Å². The van der Waals surface area contributed by atoms with Crippen LogP contribution in [0.15, 0.2) is 47.9 Å². The molecule has 0 radical (unpaired) electrons. The maximum absolute atomic E-state index is 12.6. The zero-order valence-electron chi connectivity index (χ0n) is 16.9. The molecule has 6 nitrogen and oxygen atoms in total. The van der Waals surface area contributed by atoms with Crippen LogP contribution in [0.3, 0.4) is 0 Å². The van der Waals surface area contributed by atoms with E-state index in [1.165, 1.54) is 37.4 Å². The average Bonchev–Trinajstić information content (AvgIpc) is 3.04. The summed E-state index contributed by atoms with van der Waals surface area (Å²) in [5, 5.41) is 13.4. The molecule has 31 heavy (non-hydrogen) atoms. The number of rotatable bonds is 6. The topological polar surface area (TPSA) is 72.7 Å². The van der Waals surface area contributed by atoms with Gasteiger partial charge in [-0.2, -0.15) is 0 Å². The van der Waals surface area contributed by atoms with Crippen molar-refractivity contribution in [2.75, 3.05) is 5.75 Å². The van der Waals surface area contributed by atoms with Crippen LogP contribution in [0.25, 0.3) is 17.1 Å². The highest BCUT2D eigenvalue weighted by Gasteiger charge is 2.19. The SMILES string of the molecule is O=C(CSc1nnc(-c2ccncc2)n1-c1ccc(Cl)c(Cl)c1)NC1CCCCCC1. The number of carbonyl (C=O) groups excluding carboxylic acids is 1. The number of nitrogens with one attached hydrogen (secondary N) is 1. The molecule has 0 aliphatic heterocycles. The summed E-state index contributed by atoms with van der Waals surface area (Å²) in [4.78, 5) is 16.7. The first kappa shape index (κ1) is 22.1. The van der Waals surface area contributed by atoms with Crippen molar-refractivity contribution in [1.82, 2.24) is 25.1 Å². The van der Waals surface area contributed by atoms with Gasteiger partial charge in [0.15, 0.2) is 11.0 Å². The van der Waals surface area contributed by atoms with Crippen molar-refractivity contribution in [1.29, 1.82) is 0 Å². The fourth-order valence-electron chi connectivity index (χ4n) is 3.73. The quantitative estimate of drug-likeness (QED) is 0.372. The highest BCUT2D eigenvalue weighted by atomic mass is 35.5. The monoisotopic (exact) mass is 475 g/mol. The number of benzene rings is 1. The van der Waals surface area contributed by atoms with Gasteiger partial charge < -0.3 is 5.32 Å². The van der Waals surface area contributed by atoms with E-state index in [4.69, 9.17) is 23.2 Å². The molecule has 1 amide bonds. The minimum atomic E-state index is 0.0195. The fraction of sp³-hybridized carbons (Fsp3) is 0.364. The largest absolute Gasteiger partial charge is 0.353 e. The molecular weight excluding hydrogens is 453 g/mol. The van der Waals surface area contributed by atoms with Crippen LogP contribution >= 0.6 is 35.0 Å². The van der Waals surface area contributed by atoms with Gasteiger partial charge in [-0.1, -0.05) is 60.6 Å². The number of thioether (sulfide) groups is 1. The molecule has 0 unspecified atom stereocenters. The summed E-state index contributed by atoms with van der Waals surface area (Å²) in [6.45, 7) is 0. The van der Waals surface area contributed by atoms with Crippen molar-refractivity contribution in [3.8, 4) is 17.1 Å². The van der Waals surface area contributed by atoms with Crippen LogP contribution in [0.2, 0.25) is 10.0 Å². The van der Waals surface area contributed by atoms with E-state index in [2.05, 4.69) is 20.5 Å². The zero-order chi connectivity index (χ0) is 21.6. The first-order chi connectivity index (χ1) is 15.1. The summed E-state index contributed by atoms with van der Waals surface area (Å²) in [7, 11) is 0. The van der Waals surface area contributed by atoms with Crippen molar-refractivity contribution < 1.29 is 4.79 Å². The number of amides is 1. The molecule has 1 aliphatic rings. The van der Waals surface area contributed by atoms with Gasteiger partial charge in [0.2, 0.25) is 5.91 Å². The molecule has 0 saturated heterocycles. The Balaban J connectivity index is 1.56. The number of hydrogen-bond acceptors (Lipinski definition) is 5. The Hall–Kier alpha value is -2.09. The van der Waals surface area contributed by atoms with Crippen LogP contribution in [0.4, 0.5) is 0 Å². The van der Waals surface area contributed by atoms with Gasteiger partial charge in [0.1, 0.15) is 0 Å². The van der Waals surface area contributed by atoms with Gasteiger partial charge in [0.05, 0.1) is 21.5 Å². The molecule has 3 aromatic rings.